The van der Waals surface area contributed by atoms with E-state index in [-0.39, 0.29) is 113 Å². The summed E-state index contributed by atoms with van der Waals surface area (Å²) >= 11 is 0. The van der Waals surface area contributed by atoms with Gasteiger partial charge < -0.3 is 9.11 Å². The Morgan fingerprint density at radius 3 is 1.08 bits per heavy atom. The van der Waals surface area contributed by atoms with Crippen molar-refractivity contribution in [2.24, 2.45) is 0 Å². The maximum absolute atomic E-state index is 11.4. The third kappa shape index (κ3) is 9.25. The van der Waals surface area contributed by atoms with Crippen LogP contribution in [0.2, 0.25) is 0 Å². The van der Waals surface area contributed by atoms with E-state index >= 15 is 0 Å². The molecule has 0 heterocycles. The average Bonchev–Trinajstić information content (AvgIpc) is 2.86. The van der Waals surface area contributed by atoms with Crippen LogP contribution in [0.4, 0.5) is 0 Å². The van der Waals surface area contributed by atoms with Crippen LogP contribution in [-0.2, 0) is 20.2 Å². The molecule has 4 rings (SSSR count). The van der Waals surface area contributed by atoms with Crippen molar-refractivity contribution < 1.29 is 129 Å². The quantitative estimate of drug-likeness (QED) is 0.162. The Kier molecular flexibility index (Phi) is 13.2. The fraction of sp³-hybridized carbons (Fsp3) is 0. The van der Waals surface area contributed by atoms with Crippen molar-refractivity contribution in [3.63, 3.8) is 0 Å². The van der Waals surface area contributed by atoms with Crippen LogP contribution in [0.3, 0.4) is 0 Å². The Morgan fingerprint density at radius 2 is 0.763 bits per heavy atom. The first-order valence-corrected chi connectivity index (χ1v) is 13.6. The molecule has 38 heavy (non-hydrogen) atoms. The molecule has 0 atom stereocenters. The summed E-state index contributed by atoms with van der Waals surface area (Å²) in [5.41, 5.74) is 4.26. The number of benzene rings is 4. The predicted molar refractivity (Wildman–Crippen MR) is 139 cm³/mol. The molecule has 0 aliphatic carbocycles. The summed E-state index contributed by atoms with van der Waals surface area (Å²) < 4.78 is 68.6. The maximum atomic E-state index is 11.4. The molecule has 0 saturated carbocycles. The van der Waals surface area contributed by atoms with Crippen molar-refractivity contribution in [3.05, 3.63) is 119 Å². The molecule has 0 N–H and O–H groups in total. The second-order valence-corrected chi connectivity index (χ2v) is 10.6. The van der Waals surface area contributed by atoms with Crippen LogP contribution in [-0.4, -0.2) is 25.9 Å². The molecule has 0 aromatic heterocycles. The molecule has 0 spiro atoms. The monoisotopic (exact) mass is 594 g/mol. The number of rotatable bonds is 7. The molecule has 0 aliphatic rings. The van der Waals surface area contributed by atoms with Crippen molar-refractivity contribution in [1.82, 2.24) is 0 Å². The average molecular weight is 595 g/mol. The third-order valence-corrected chi connectivity index (χ3v) is 7.26. The van der Waals surface area contributed by atoms with Gasteiger partial charge in [-0.1, -0.05) is 109 Å². The van der Waals surface area contributed by atoms with Crippen LogP contribution in [0, 0.1) is 0 Å². The van der Waals surface area contributed by atoms with Crippen molar-refractivity contribution in [2.75, 3.05) is 0 Å². The van der Waals surface area contributed by atoms with E-state index in [0.717, 1.165) is 22.3 Å². The van der Waals surface area contributed by atoms with E-state index in [0.29, 0.717) is 11.1 Å². The zero-order chi connectivity index (χ0) is 25.8. The van der Waals surface area contributed by atoms with Crippen molar-refractivity contribution in [3.8, 4) is 11.1 Å². The van der Waals surface area contributed by atoms with Gasteiger partial charge in [-0.25, -0.2) is 16.8 Å². The van der Waals surface area contributed by atoms with Crippen LogP contribution in [0.1, 0.15) is 22.3 Å². The zero-order valence-electron chi connectivity index (χ0n) is 20.8. The molecule has 0 bridgehead atoms. The Hall–Kier alpha value is -0.547. The van der Waals surface area contributed by atoms with Crippen LogP contribution in [0.5, 0.6) is 0 Å². The molecule has 4 aromatic carbocycles. The van der Waals surface area contributed by atoms with E-state index in [1.165, 1.54) is 24.3 Å². The SMILES string of the molecule is O=S(=O)([O-])c1ccccc1C=Cc1ccc(-c2ccc(C=Cc3ccccc3S(=O)(=O)[O-])cc2)cc1.[K+].[K+]. The first-order chi connectivity index (χ1) is 17.1. The summed E-state index contributed by atoms with van der Waals surface area (Å²) in [7, 11) is -9.12. The second-order valence-electron chi connectivity index (χ2n) is 7.89. The third-order valence-electron chi connectivity index (χ3n) is 5.44. The summed E-state index contributed by atoms with van der Waals surface area (Å²) in [6, 6.07) is 27.3. The molecular formula is C28H20K2O6S2. The van der Waals surface area contributed by atoms with Crippen molar-refractivity contribution >= 4 is 44.5 Å². The minimum Gasteiger partial charge on any atom is -0.744 e. The van der Waals surface area contributed by atoms with Gasteiger partial charge in [0.2, 0.25) is 0 Å². The van der Waals surface area contributed by atoms with E-state index < -0.39 is 20.2 Å². The van der Waals surface area contributed by atoms with Crippen molar-refractivity contribution in [2.45, 2.75) is 9.79 Å². The van der Waals surface area contributed by atoms with Gasteiger partial charge in [0.05, 0.1) is 9.79 Å². The number of hydrogen-bond acceptors (Lipinski definition) is 6. The number of hydrogen-bond donors (Lipinski definition) is 0. The first-order valence-electron chi connectivity index (χ1n) is 10.8. The van der Waals surface area contributed by atoms with Crippen LogP contribution < -0.4 is 103 Å². The van der Waals surface area contributed by atoms with E-state index in [2.05, 4.69) is 0 Å². The van der Waals surface area contributed by atoms with Gasteiger partial charge in [0.1, 0.15) is 20.2 Å². The molecule has 0 fully saturated rings. The topological polar surface area (TPSA) is 114 Å². The van der Waals surface area contributed by atoms with E-state index in [4.69, 9.17) is 0 Å². The standard InChI is InChI=1S/C28H22O6S2.2K/c29-35(30,31)27-7-3-1-5-25(27)19-13-21-9-15-23(16-10-21)24-17-11-22(12-18-24)14-20-26-6-2-4-8-28(26)36(32,33)34;;/h1-20H,(H,29,30,31)(H,32,33,34);;/q;2*+1/p-2. The summed E-state index contributed by atoms with van der Waals surface area (Å²) in [5, 5.41) is 0. The molecule has 0 radical (unpaired) electrons. The smallest absolute Gasteiger partial charge is 0.744 e. The Morgan fingerprint density at radius 1 is 0.447 bits per heavy atom. The second kappa shape index (κ2) is 14.9. The molecule has 6 nitrogen and oxygen atoms in total. The Labute approximate surface area is 308 Å². The van der Waals surface area contributed by atoms with E-state index in [1.807, 2.05) is 48.5 Å². The van der Waals surface area contributed by atoms with Gasteiger partial charge in [-0.15, -0.1) is 0 Å². The van der Waals surface area contributed by atoms with Gasteiger partial charge in [-0.3, -0.25) is 0 Å². The van der Waals surface area contributed by atoms with Gasteiger partial charge in [0, 0.05) is 0 Å². The summed E-state index contributed by atoms with van der Waals surface area (Å²) in [4.78, 5) is -0.518. The Balaban J connectivity index is 0.00000253. The molecule has 4 aromatic rings. The van der Waals surface area contributed by atoms with Crippen molar-refractivity contribution in [1.29, 1.82) is 0 Å². The largest absolute Gasteiger partial charge is 1.00 e. The summed E-state index contributed by atoms with van der Waals surface area (Å²) in [5.74, 6) is 0. The van der Waals surface area contributed by atoms with Gasteiger partial charge in [-0.2, -0.15) is 0 Å². The van der Waals surface area contributed by atoms with Gasteiger partial charge in [0.25, 0.3) is 0 Å². The minimum atomic E-state index is -4.56. The van der Waals surface area contributed by atoms with E-state index in [9.17, 15) is 25.9 Å². The fourth-order valence-corrected chi connectivity index (χ4v) is 4.98. The Bertz CT molecular complexity index is 1530. The molecule has 10 heteroatoms. The van der Waals surface area contributed by atoms with Crippen LogP contribution >= 0.6 is 0 Å². The molecule has 0 aliphatic heterocycles. The molecule has 0 saturated heterocycles. The van der Waals surface area contributed by atoms with Crippen LogP contribution in [0.15, 0.2) is 107 Å². The van der Waals surface area contributed by atoms with Gasteiger partial charge in [-0.05, 0) is 45.5 Å². The van der Waals surface area contributed by atoms with Gasteiger partial charge >= 0.3 is 103 Å². The molecular weight excluding hydrogens is 575 g/mol. The zero-order valence-corrected chi connectivity index (χ0v) is 28.7. The summed E-state index contributed by atoms with van der Waals surface area (Å²) in [6.45, 7) is 0. The predicted octanol–water partition coefficient (Wildman–Crippen LogP) is -0.489. The maximum Gasteiger partial charge on any atom is 1.00 e. The summed E-state index contributed by atoms with van der Waals surface area (Å²) in [6.07, 6.45) is 6.66. The fourth-order valence-electron chi connectivity index (χ4n) is 3.64. The first kappa shape index (κ1) is 33.7. The van der Waals surface area contributed by atoms with Gasteiger partial charge in [0.15, 0.2) is 0 Å². The normalized spacial score (nSPS) is 11.7. The molecule has 182 valence electrons. The minimum absolute atomic E-state index is 0. The van der Waals surface area contributed by atoms with Crippen LogP contribution in [0.25, 0.3) is 35.4 Å². The molecule has 0 unspecified atom stereocenters. The van der Waals surface area contributed by atoms with E-state index in [1.54, 1.807) is 48.6 Å². The molecule has 0 amide bonds.